The van der Waals surface area contributed by atoms with E-state index in [1.807, 2.05) is 6.92 Å². The normalized spacial score (nSPS) is 10.2. The molecule has 120 valence electrons. The standard InChI is InChI=1S/C17H14BrClO4/c1-11-8-14(19)6-7-16(11)22-10-17(21)23-9-15(20)12-2-4-13(18)5-3-12/h2-8H,9-10H2,1H3. The molecule has 2 rings (SSSR count). The highest BCUT2D eigenvalue weighted by atomic mass is 79.9. The number of esters is 1. The molecule has 0 saturated heterocycles. The maximum Gasteiger partial charge on any atom is 0.344 e. The third-order valence-corrected chi connectivity index (χ3v) is 3.78. The van der Waals surface area contributed by atoms with Crippen LogP contribution in [0.4, 0.5) is 0 Å². The number of carbonyl (C=O) groups is 2. The van der Waals surface area contributed by atoms with Gasteiger partial charge in [-0.25, -0.2) is 4.79 Å². The highest BCUT2D eigenvalue weighted by molar-refractivity contribution is 9.10. The van der Waals surface area contributed by atoms with Gasteiger partial charge in [0.05, 0.1) is 0 Å². The number of carbonyl (C=O) groups excluding carboxylic acids is 2. The van der Waals surface area contributed by atoms with Crippen LogP contribution in [0.2, 0.25) is 5.02 Å². The largest absolute Gasteiger partial charge is 0.482 e. The topological polar surface area (TPSA) is 52.6 Å². The molecule has 0 aliphatic carbocycles. The van der Waals surface area contributed by atoms with Crippen LogP contribution >= 0.6 is 27.5 Å². The number of rotatable bonds is 6. The lowest BCUT2D eigenvalue weighted by molar-refractivity contribution is -0.144. The number of ketones is 1. The lowest BCUT2D eigenvalue weighted by atomic mass is 10.1. The van der Waals surface area contributed by atoms with E-state index in [4.69, 9.17) is 21.1 Å². The van der Waals surface area contributed by atoms with Crippen LogP contribution < -0.4 is 4.74 Å². The third-order valence-electron chi connectivity index (χ3n) is 3.01. The lowest BCUT2D eigenvalue weighted by Gasteiger charge is -2.09. The van der Waals surface area contributed by atoms with Gasteiger partial charge in [0.2, 0.25) is 0 Å². The van der Waals surface area contributed by atoms with Crippen molar-refractivity contribution in [1.29, 1.82) is 0 Å². The van der Waals surface area contributed by atoms with E-state index >= 15 is 0 Å². The molecular weight excluding hydrogens is 384 g/mol. The number of Topliss-reactive ketones (excluding diaryl/α,β-unsaturated/α-hetero) is 1. The van der Waals surface area contributed by atoms with Gasteiger partial charge in [-0.1, -0.05) is 39.7 Å². The Bertz CT molecular complexity index is 713. The molecule has 0 aromatic heterocycles. The summed E-state index contributed by atoms with van der Waals surface area (Å²) in [5, 5.41) is 0.595. The average Bonchev–Trinajstić information content (AvgIpc) is 2.52. The fraction of sp³-hybridized carbons (Fsp3) is 0.176. The highest BCUT2D eigenvalue weighted by Crippen LogP contribution is 2.21. The second-order valence-corrected chi connectivity index (χ2v) is 6.14. The van der Waals surface area contributed by atoms with E-state index in [1.54, 1.807) is 42.5 Å². The van der Waals surface area contributed by atoms with Gasteiger partial charge in [0.15, 0.2) is 19.0 Å². The minimum Gasteiger partial charge on any atom is -0.482 e. The van der Waals surface area contributed by atoms with Crippen molar-refractivity contribution in [3.8, 4) is 5.75 Å². The fourth-order valence-electron chi connectivity index (χ4n) is 1.82. The molecule has 0 radical (unpaired) electrons. The molecule has 0 spiro atoms. The Morgan fingerprint density at radius 2 is 1.78 bits per heavy atom. The van der Waals surface area contributed by atoms with Crippen molar-refractivity contribution >= 4 is 39.3 Å². The second kappa shape index (κ2) is 8.13. The van der Waals surface area contributed by atoms with Gasteiger partial charge in [0, 0.05) is 15.1 Å². The maximum atomic E-state index is 11.9. The van der Waals surface area contributed by atoms with E-state index in [-0.39, 0.29) is 19.0 Å². The first-order valence-electron chi connectivity index (χ1n) is 6.79. The average molecular weight is 398 g/mol. The molecule has 6 heteroatoms. The zero-order chi connectivity index (χ0) is 16.8. The molecule has 0 fully saturated rings. The maximum absolute atomic E-state index is 11.9. The van der Waals surface area contributed by atoms with Crippen molar-refractivity contribution in [2.75, 3.05) is 13.2 Å². The summed E-state index contributed by atoms with van der Waals surface area (Å²) in [6.45, 7) is 1.24. The summed E-state index contributed by atoms with van der Waals surface area (Å²) in [5.41, 5.74) is 1.30. The van der Waals surface area contributed by atoms with Crippen molar-refractivity contribution < 1.29 is 19.1 Å². The van der Waals surface area contributed by atoms with Crippen LogP contribution in [0.1, 0.15) is 15.9 Å². The van der Waals surface area contributed by atoms with E-state index < -0.39 is 5.97 Å². The summed E-state index contributed by atoms with van der Waals surface area (Å²) < 4.78 is 11.2. The smallest absolute Gasteiger partial charge is 0.344 e. The molecule has 0 heterocycles. The first-order chi connectivity index (χ1) is 11.0. The fourth-order valence-corrected chi connectivity index (χ4v) is 2.31. The molecule has 0 aliphatic rings. The molecule has 2 aromatic carbocycles. The molecule has 23 heavy (non-hydrogen) atoms. The van der Waals surface area contributed by atoms with Crippen molar-refractivity contribution in [3.05, 3.63) is 63.1 Å². The van der Waals surface area contributed by atoms with Gasteiger partial charge in [0.25, 0.3) is 0 Å². The van der Waals surface area contributed by atoms with Crippen molar-refractivity contribution in [3.63, 3.8) is 0 Å². The van der Waals surface area contributed by atoms with E-state index in [9.17, 15) is 9.59 Å². The van der Waals surface area contributed by atoms with Crippen LogP contribution in [0.15, 0.2) is 46.9 Å². The predicted molar refractivity (Wildman–Crippen MR) is 91.1 cm³/mol. The molecule has 0 saturated carbocycles. The summed E-state index contributed by atoms with van der Waals surface area (Å²) in [6.07, 6.45) is 0. The van der Waals surface area contributed by atoms with E-state index in [1.165, 1.54) is 0 Å². The molecule has 2 aromatic rings. The SMILES string of the molecule is Cc1cc(Cl)ccc1OCC(=O)OCC(=O)c1ccc(Br)cc1. The first-order valence-corrected chi connectivity index (χ1v) is 7.96. The van der Waals surface area contributed by atoms with E-state index in [0.717, 1.165) is 10.0 Å². The monoisotopic (exact) mass is 396 g/mol. The van der Waals surface area contributed by atoms with Gasteiger partial charge in [-0.15, -0.1) is 0 Å². The Morgan fingerprint density at radius 3 is 2.43 bits per heavy atom. The van der Waals surface area contributed by atoms with Crippen LogP contribution in [-0.4, -0.2) is 25.0 Å². The van der Waals surface area contributed by atoms with Gasteiger partial charge < -0.3 is 9.47 Å². The number of aryl methyl sites for hydroxylation is 1. The molecule has 0 atom stereocenters. The van der Waals surface area contributed by atoms with Crippen molar-refractivity contribution in [1.82, 2.24) is 0 Å². The Hall–Kier alpha value is -1.85. The van der Waals surface area contributed by atoms with Gasteiger partial charge in [-0.05, 0) is 42.8 Å². The summed E-state index contributed by atoms with van der Waals surface area (Å²) in [6, 6.07) is 11.9. The Labute approximate surface area is 147 Å². The zero-order valence-corrected chi connectivity index (χ0v) is 14.7. The minimum absolute atomic E-state index is 0.268. The van der Waals surface area contributed by atoms with Crippen LogP contribution in [0.5, 0.6) is 5.75 Å². The van der Waals surface area contributed by atoms with Crippen LogP contribution in [0.25, 0.3) is 0 Å². The third kappa shape index (κ3) is 5.37. The molecule has 0 N–H and O–H groups in total. The van der Waals surface area contributed by atoms with Crippen LogP contribution in [0.3, 0.4) is 0 Å². The van der Waals surface area contributed by atoms with Gasteiger partial charge >= 0.3 is 5.97 Å². The van der Waals surface area contributed by atoms with Gasteiger partial charge in [-0.3, -0.25) is 4.79 Å². The van der Waals surface area contributed by atoms with Gasteiger partial charge in [-0.2, -0.15) is 0 Å². The molecule has 0 aliphatic heterocycles. The summed E-state index contributed by atoms with van der Waals surface area (Å²) in [5.74, 6) is -0.330. The summed E-state index contributed by atoms with van der Waals surface area (Å²) in [7, 11) is 0. The predicted octanol–water partition coefficient (Wildman–Crippen LogP) is 4.22. The van der Waals surface area contributed by atoms with Crippen molar-refractivity contribution in [2.24, 2.45) is 0 Å². The quantitative estimate of drug-likeness (QED) is 0.541. The lowest BCUT2D eigenvalue weighted by Crippen LogP contribution is -2.19. The van der Waals surface area contributed by atoms with E-state index in [0.29, 0.717) is 16.3 Å². The molecular formula is C17H14BrClO4. The molecule has 4 nitrogen and oxygen atoms in total. The number of benzene rings is 2. The second-order valence-electron chi connectivity index (χ2n) is 4.79. The first kappa shape index (κ1) is 17.5. The molecule has 0 bridgehead atoms. The molecule has 0 unspecified atom stereocenters. The van der Waals surface area contributed by atoms with Crippen LogP contribution in [0, 0.1) is 6.92 Å². The number of halogens is 2. The van der Waals surface area contributed by atoms with Gasteiger partial charge in [0.1, 0.15) is 5.75 Å². The molecule has 0 amide bonds. The highest BCUT2D eigenvalue weighted by Gasteiger charge is 2.11. The van der Waals surface area contributed by atoms with E-state index in [2.05, 4.69) is 15.9 Å². The Morgan fingerprint density at radius 1 is 1.09 bits per heavy atom. The van der Waals surface area contributed by atoms with Crippen LogP contribution in [-0.2, 0) is 9.53 Å². The summed E-state index contributed by atoms with van der Waals surface area (Å²) in [4.78, 5) is 23.5. The zero-order valence-electron chi connectivity index (χ0n) is 12.3. The number of ether oxygens (including phenoxy) is 2. The summed E-state index contributed by atoms with van der Waals surface area (Å²) >= 11 is 9.13. The number of hydrogen-bond donors (Lipinski definition) is 0. The van der Waals surface area contributed by atoms with Crippen molar-refractivity contribution in [2.45, 2.75) is 6.92 Å². The number of hydrogen-bond acceptors (Lipinski definition) is 4. The minimum atomic E-state index is -0.607. The Kier molecular flexibility index (Phi) is 6.19. The Balaban J connectivity index is 1.81.